The minimum Gasteiger partial charge on any atom is -0.492 e. The van der Waals surface area contributed by atoms with Crippen LogP contribution in [0.2, 0.25) is 0 Å². The predicted octanol–water partition coefficient (Wildman–Crippen LogP) is 2.94. The molecule has 0 amide bonds. The Balaban J connectivity index is 1.87. The molecule has 0 unspecified atom stereocenters. The van der Waals surface area contributed by atoms with E-state index in [0.29, 0.717) is 13.2 Å². The molecule has 0 aliphatic rings. The molecule has 1 aromatic carbocycles. The molecule has 0 fully saturated rings. The molecule has 4 heteroatoms. The van der Waals surface area contributed by atoms with Gasteiger partial charge in [0.2, 0.25) is 0 Å². The first kappa shape index (κ1) is 15.3. The molecular weight excluding hydrogens is 262 g/mol. The van der Waals surface area contributed by atoms with Crippen LogP contribution in [-0.4, -0.2) is 37.1 Å². The summed E-state index contributed by atoms with van der Waals surface area (Å²) in [6.07, 6.45) is 1.89. The molecule has 2 rings (SSSR count). The number of benzene rings is 1. The second kappa shape index (κ2) is 7.64. The van der Waals surface area contributed by atoms with Gasteiger partial charge < -0.3 is 15.0 Å². The number of aryl methyl sites for hydroxylation is 1. The molecule has 0 saturated carbocycles. The molecule has 4 nitrogen and oxygen atoms in total. The molecule has 21 heavy (non-hydrogen) atoms. The predicted molar refractivity (Wildman–Crippen MR) is 86.8 cm³/mol. The molecule has 0 aliphatic heterocycles. The van der Waals surface area contributed by atoms with Crippen molar-refractivity contribution in [2.75, 3.05) is 32.6 Å². The Kier molecular flexibility index (Phi) is 5.58. The number of hydrogen-bond donors (Lipinski definition) is 1. The summed E-state index contributed by atoms with van der Waals surface area (Å²) in [7, 11) is 4.08. The highest BCUT2D eigenvalue weighted by Gasteiger charge is 1.99. The lowest BCUT2D eigenvalue weighted by atomic mass is 10.2. The lowest BCUT2D eigenvalue weighted by Gasteiger charge is -2.12. The highest BCUT2D eigenvalue weighted by atomic mass is 16.5. The van der Waals surface area contributed by atoms with Crippen molar-refractivity contribution < 1.29 is 4.74 Å². The quantitative estimate of drug-likeness (QED) is 0.848. The summed E-state index contributed by atoms with van der Waals surface area (Å²) in [5, 5.41) is 3.37. The van der Waals surface area contributed by atoms with Gasteiger partial charge in [0, 0.05) is 24.5 Å². The van der Waals surface area contributed by atoms with E-state index in [2.05, 4.69) is 21.3 Å². The average Bonchev–Trinajstić information content (AvgIpc) is 2.47. The van der Waals surface area contributed by atoms with E-state index in [4.69, 9.17) is 4.74 Å². The van der Waals surface area contributed by atoms with Crippen LogP contribution < -0.4 is 10.1 Å². The maximum absolute atomic E-state index is 5.73. The lowest BCUT2D eigenvalue weighted by molar-refractivity contribution is 0.261. The van der Waals surface area contributed by atoms with Crippen LogP contribution in [0.1, 0.15) is 11.3 Å². The first-order chi connectivity index (χ1) is 10.1. The second-order valence-corrected chi connectivity index (χ2v) is 5.36. The number of aromatic nitrogens is 1. The monoisotopic (exact) mass is 285 g/mol. The zero-order chi connectivity index (χ0) is 15.1. The normalized spacial score (nSPS) is 10.7. The van der Waals surface area contributed by atoms with Gasteiger partial charge in [-0.2, -0.15) is 0 Å². The standard InChI is InChI=1S/C17H23N3O/c1-14-7-8-16(18-12-14)13-19-15-5-4-6-17(11-15)21-10-9-20(2)3/h4-8,11-12,19H,9-10,13H2,1-3H3. The molecule has 0 radical (unpaired) electrons. The van der Waals surface area contributed by atoms with Crippen LogP contribution in [0.15, 0.2) is 42.6 Å². The van der Waals surface area contributed by atoms with Crippen molar-refractivity contribution in [3.63, 3.8) is 0 Å². The van der Waals surface area contributed by atoms with Crippen molar-refractivity contribution in [3.05, 3.63) is 53.9 Å². The fraction of sp³-hybridized carbons (Fsp3) is 0.353. The van der Waals surface area contributed by atoms with E-state index in [1.165, 1.54) is 5.56 Å². The van der Waals surface area contributed by atoms with Crippen molar-refractivity contribution in [3.8, 4) is 5.75 Å². The van der Waals surface area contributed by atoms with Gasteiger partial charge in [-0.05, 0) is 44.8 Å². The summed E-state index contributed by atoms with van der Waals surface area (Å²) < 4.78 is 5.73. The number of anilines is 1. The zero-order valence-electron chi connectivity index (χ0n) is 13.0. The first-order valence-corrected chi connectivity index (χ1v) is 7.16. The molecule has 2 aromatic rings. The van der Waals surface area contributed by atoms with Gasteiger partial charge in [0.25, 0.3) is 0 Å². The number of hydrogen-bond acceptors (Lipinski definition) is 4. The van der Waals surface area contributed by atoms with Crippen molar-refractivity contribution in [2.24, 2.45) is 0 Å². The third-order valence-electron chi connectivity index (χ3n) is 3.09. The van der Waals surface area contributed by atoms with Crippen molar-refractivity contribution in [1.82, 2.24) is 9.88 Å². The zero-order valence-corrected chi connectivity index (χ0v) is 13.0. The van der Waals surface area contributed by atoms with E-state index in [1.54, 1.807) is 0 Å². The maximum Gasteiger partial charge on any atom is 0.121 e. The highest BCUT2D eigenvalue weighted by molar-refractivity contribution is 5.48. The molecule has 1 aromatic heterocycles. The van der Waals surface area contributed by atoms with Gasteiger partial charge in [0.1, 0.15) is 12.4 Å². The van der Waals surface area contributed by atoms with Gasteiger partial charge in [-0.25, -0.2) is 0 Å². The number of likely N-dealkylation sites (N-methyl/N-ethyl adjacent to an activating group) is 1. The summed E-state index contributed by atoms with van der Waals surface area (Å²) in [6.45, 7) is 4.35. The highest BCUT2D eigenvalue weighted by Crippen LogP contribution is 2.17. The summed E-state index contributed by atoms with van der Waals surface area (Å²) in [5.74, 6) is 0.888. The molecule has 0 saturated heterocycles. The maximum atomic E-state index is 5.73. The molecule has 1 N–H and O–H groups in total. The number of ether oxygens (including phenoxy) is 1. The van der Waals surface area contributed by atoms with E-state index in [1.807, 2.05) is 57.5 Å². The summed E-state index contributed by atoms with van der Waals surface area (Å²) >= 11 is 0. The van der Waals surface area contributed by atoms with E-state index in [-0.39, 0.29) is 0 Å². The summed E-state index contributed by atoms with van der Waals surface area (Å²) in [4.78, 5) is 6.49. The Morgan fingerprint density at radius 2 is 2.05 bits per heavy atom. The van der Waals surface area contributed by atoms with Gasteiger partial charge in [-0.3, -0.25) is 4.98 Å². The van der Waals surface area contributed by atoms with Crippen molar-refractivity contribution >= 4 is 5.69 Å². The lowest BCUT2D eigenvalue weighted by Crippen LogP contribution is -2.19. The van der Waals surface area contributed by atoms with Gasteiger partial charge >= 0.3 is 0 Å². The Hall–Kier alpha value is -2.07. The van der Waals surface area contributed by atoms with E-state index in [0.717, 1.165) is 23.7 Å². The van der Waals surface area contributed by atoms with Crippen LogP contribution >= 0.6 is 0 Å². The Morgan fingerprint density at radius 1 is 1.19 bits per heavy atom. The Labute approximate surface area is 126 Å². The Bertz CT molecular complexity index is 552. The average molecular weight is 285 g/mol. The minimum atomic E-state index is 0.690. The molecule has 0 aliphatic carbocycles. The van der Waals surface area contributed by atoms with Crippen LogP contribution in [0, 0.1) is 6.92 Å². The van der Waals surface area contributed by atoms with Crippen LogP contribution in [-0.2, 0) is 6.54 Å². The second-order valence-electron chi connectivity index (χ2n) is 5.36. The van der Waals surface area contributed by atoms with Gasteiger partial charge in [0.15, 0.2) is 0 Å². The first-order valence-electron chi connectivity index (χ1n) is 7.16. The van der Waals surface area contributed by atoms with Crippen LogP contribution in [0.4, 0.5) is 5.69 Å². The SMILES string of the molecule is Cc1ccc(CNc2cccc(OCCN(C)C)c2)nc1. The summed E-state index contributed by atoms with van der Waals surface area (Å²) in [5.41, 5.74) is 3.24. The van der Waals surface area contributed by atoms with Crippen LogP contribution in [0.5, 0.6) is 5.75 Å². The smallest absolute Gasteiger partial charge is 0.121 e. The number of pyridine rings is 1. The molecule has 112 valence electrons. The molecule has 0 atom stereocenters. The molecule has 1 heterocycles. The van der Waals surface area contributed by atoms with E-state index >= 15 is 0 Å². The van der Waals surface area contributed by atoms with Gasteiger partial charge in [0.05, 0.1) is 12.2 Å². The van der Waals surface area contributed by atoms with Crippen LogP contribution in [0.3, 0.4) is 0 Å². The number of nitrogens with one attached hydrogen (secondary N) is 1. The van der Waals surface area contributed by atoms with Gasteiger partial charge in [-0.1, -0.05) is 12.1 Å². The fourth-order valence-corrected chi connectivity index (χ4v) is 1.84. The largest absolute Gasteiger partial charge is 0.492 e. The third kappa shape index (κ3) is 5.44. The van der Waals surface area contributed by atoms with E-state index < -0.39 is 0 Å². The summed E-state index contributed by atoms with van der Waals surface area (Å²) in [6, 6.07) is 12.1. The topological polar surface area (TPSA) is 37.4 Å². The minimum absolute atomic E-state index is 0.690. The van der Waals surface area contributed by atoms with Crippen molar-refractivity contribution in [1.29, 1.82) is 0 Å². The van der Waals surface area contributed by atoms with Crippen molar-refractivity contribution in [2.45, 2.75) is 13.5 Å². The molecule has 0 spiro atoms. The number of nitrogens with zero attached hydrogens (tertiary/aromatic N) is 2. The van der Waals surface area contributed by atoms with E-state index in [9.17, 15) is 0 Å². The molecule has 0 bridgehead atoms. The van der Waals surface area contributed by atoms with Crippen LogP contribution in [0.25, 0.3) is 0 Å². The number of rotatable bonds is 7. The fourth-order valence-electron chi connectivity index (χ4n) is 1.84. The molecular formula is C17H23N3O. The third-order valence-corrected chi connectivity index (χ3v) is 3.09. The Morgan fingerprint density at radius 3 is 2.76 bits per heavy atom. The van der Waals surface area contributed by atoms with Gasteiger partial charge in [-0.15, -0.1) is 0 Å².